The molecular formula is C34H40O8. The van der Waals surface area contributed by atoms with Gasteiger partial charge in [-0.05, 0) is 65.6 Å². The van der Waals surface area contributed by atoms with Crippen molar-refractivity contribution in [1.82, 2.24) is 0 Å². The van der Waals surface area contributed by atoms with Gasteiger partial charge in [-0.1, -0.05) is 50.6 Å². The zero-order valence-corrected chi connectivity index (χ0v) is 24.4. The number of benzene rings is 3. The largest absolute Gasteiger partial charge is 0.491 e. The van der Waals surface area contributed by atoms with Crippen LogP contribution in [0, 0.1) is 5.92 Å². The Bertz CT molecular complexity index is 1220. The fraction of sp³-hybridized carbons (Fsp3) is 0.353. The Morgan fingerprint density at radius 3 is 1.79 bits per heavy atom. The van der Waals surface area contributed by atoms with Crippen LogP contribution in [0.5, 0.6) is 11.5 Å². The van der Waals surface area contributed by atoms with E-state index in [9.17, 15) is 9.59 Å². The molecule has 0 aliphatic carbocycles. The molecule has 0 aliphatic rings. The lowest BCUT2D eigenvalue weighted by atomic mass is 10.0. The third-order valence-electron chi connectivity index (χ3n) is 6.28. The molecule has 0 saturated heterocycles. The number of hydrogen-bond donors (Lipinski definition) is 0. The van der Waals surface area contributed by atoms with Crippen molar-refractivity contribution in [3.05, 3.63) is 96.6 Å². The Morgan fingerprint density at radius 2 is 1.19 bits per heavy atom. The van der Waals surface area contributed by atoms with Crippen LogP contribution in [0.4, 0.5) is 0 Å². The maximum Gasteiger partial charge on any atom is 0.343 e. The van der Waals surface area contributed by atoms with E-state index in [1.54, 1.807) is 54.6 Å². The SMILES string of the molecule is C=CCOCCOCCOCCOc1ccc(C(=O)Oc2ccc(-c3ccc(C(=O)OC[C@@H](C)CC)cc3)cc2)cc1. The van der Waals surface area contributed by atoms with E-state index >= 15 is 0 Å². The summed E-state index contributed by atoms with van der Waals surface area (Å²) in [7, 11) is 0. The summed E-state index contributed by atoms with van der Waals surface area (Å²) < 4.78 is 32.6. The van der Waals surface area contributed by atoms with Gasteiger partial charge in [0.05, 0.1) is 57.4 Å². The lowest BCUT2D eigenvalue weighted by Crippen LogP contribution is -2.13. The zero-order chi connectivity index (χ0) is 30.0. The molecule has 224 valence electrons. The third-order valence-corrected chi connectivity index (χ3v) is 6.28. The van der Waals surface area contributed by atoms with Crippen LogP contribution in [0.25, 0.3) is 11.1 Å². The van der Waals surface area contributed by atoms with Crippen molar-refractivity contribution in [2.24, 2.45) is 5.92 Å². The van der Waals surface area contributed by atoms with E-state index in [2.05, 4.69) is 13.5 Å². The van der Waals surface area contributed by atoms with E-state index < -0.39 is 5.97 Å². The summed E-state index contributed by atoms with van der Waals surface area (Å²) in [6, 6.07) is 21.2. The summed E-state index contributed by atoms with van der Waals surface area (Å²) in [5.41, 5.74) is 2.79. The Kier molecular flexibility index (Phi) is 14.3. The Hall–Kier alpha value is -3.98. The summed E-state index contributed by atoms with van der Waals surface area (Å²) in [4.78, 5) is 24.8. The number of carbonyl (C=O) groups is 2. The first-order valence-electron chi connectivity index (χ1n) is 14.2. The zero-order valence-electron chi connectivity index (χ0n) is 24.4. The minimum atomic E-state index is -0.465. The molecular weight excluding hydrogens is 536 g/mol. The van der Waals surface area contributed by atoms with Gasteiger partial charge in [0.1, 0.15) is 18.1 Å². The maximum atomic E-state index is 12.6. The highest BCUT2D eigenvalue weighted by molar-refractivity contribution is 5.91. The van der Waals surface area contributed by atoms with E-state index in [-0.39, 0.29) is 5.97 Å². The lowest BCUT2D eigenvalue weighted by molar-refractivity contribution is 0.0135. The lowest BCUT2D eigenvalue weighted by Gasteiger charge is -2.10. The summed E-state index contributed by atoms with van der Waals surface area (Å²) in [6.45, 7) is 11.4. The smallest absolute Gasteiger partial charge is 0.343 e. The predicted molar refractivity (Wildman–Crippen MR) is 161 cm³/mol. The third kappa shape index (κ3) is 11.5. The molecule has 0 aliphatic heterocycles. The van der Waals surface area contributed by atoms with Crippen LogP contribution < -0.4 is 9.47 Å². The number of carbonyl (C=O) groups excluding carboxylic acids is 2. The van der Waals surface area contributed by atoms with Crippen LogP contribution in [0.3, 0.4) is 0 Å². The molecule has 42 heavy (non-hydrogen) atoms. The maximum absolute atomic E-state index is 12.6. The molecule has 0 heterocycles. The molecule has 0 N–H and O–H groups in total. The summed E-state index contributed by atoms with van der Waals surface area (Å²) >= 11 is 0. The predicted octanol–water partition coefficient (Wildman–Crippen LogP) is 6.39. The van der Waals surface area contributed by atoms with Crippen LogP contribution in [-0.2, 0) is 18.9 Å². The Labute approximate surface area is 248 Å². The standard InChI is InChI=1S/C34H40O8/c1-4-18-37-19-20-38-21-22-39-23-24-40-31-14-12-30(13-15-31)34(36)42-32-16-10-28(11-17-32)27-6-8-29(9-7-27)33(35)41-25-26(3)5-2/h4,6-17,26H,1,5,18-25H2,2-3H3/t26-/m0/s1. The molecule has 0 spiro atoms. The molecule has 3 aromatic rings. The van der Waals surface area contributed by atoms with Crippen LogP contribution in [0.2, 0.25) is 0 Å². The Balaban J connectivity index is 1.37. The molecule has 3 rings (SSSR count). The highest BCUT2D eigenvalue weighted by Gasteiger charge is 2.11. The Morgan fingerprint density at radius 1 is 0.690 bits per heavy atom. The summed E-state index contributed by atoms with van der Waals surface area (Å²) in [5.74, 6) is 0.607. The second-order valence-electron chi connectivity index (χ2n) is 9.56. The molecule has 0 amide bonds. The van der Waals surface area contributed by atoms with Crippen molar-refractivity contribution in [3.8, 4) is 22.6 Å². The van der Waals surface area contributed by atoms with Gasteiger partial charge in [-0.15, -0.1) is 6.58 Å². The molecule has 3 aromatic carbocycles. The first kappa shape index (κ1) is 32.5. The fourth-order valence-electron chi connectivity index (χ4n) is 3.61. The number of hydrogen-bond acceptors (Lipinski definition) is 8. The summed E-state index contributed by atoms with van der Waals surface area (Å²) in [5, 5.41) is 0. The number of esters is 2. The minimum absolute atomic E-state index is 0.322. The molecule has 0 saturated carbocycles. The topological polar surface area (TPSA) is 89.5 Å². The van der Waals surface area contributed by atoms with Crippen LogP contribution in [0.15, 0.2) is 85.5 Å². The van der Waals surface area contributed by atoms with Gasteiger partial charge in [-0.25, -0.2) is 9.59 Å². The van der Waals surface area contributed by atoms with Crippen LogP contribution in [0.1, 0.15) is 41.0 Å². The molecule has 0 fully saturated rings. The molecule has 8 heteroatoms. The normalized spacial score (nSPS) is 11.5. The first-order chi connectivity index (χ1) is 20.5. The average Bonchev–Trinajstić information content (AvgIpc) is 3.03. The fourth-order valence-corrected chi connectivity index (χ4v) is 3.61. The van der Waals surface area contributed by atoms with E-state index in [4.69, 9.17) is 28.4 Å². The monoisotopic (exact) mass is 576 g/mol. The van der Waals surface area contributed by atoms with Gasteiger partial charge in [0.2, 0.25) is 0 Å². The van der Waals surface area contributed by atoms with Gasteiger partial charge in [0, 0.05) is 0 Å². The molecule has 0 radical (unpaired) electrons. The van der Waals surface area contributed by atoms with Crippen molar-refractivity contribution >= 4 is 11.9 Å². The number of rotatable bonds is 19. The van der Waals surface area contributed by atoms with Gasteiger partial charge in [-0.2, -0.15) is 0 Å². The summed E-state index contributed by atoms with van der Waals surface area (Å²) in [6.07, 6.45) is 2.66. The first-order valence-corrected chi connectivity index (χ1v) is 14.2. The van der Waals surface area contributed by atoms with Crippen LogP contribution >= 0.6 is 0 Å². The van der Waals surface area contributed by atoms with Crippen LogP contribution in [-0.4, -0.2) is 64.8 Å². The van der Waals surface area contributed by atoms with Gasteiger partial charge < -0.3 is 28.4 Å². The van der Waals surface area contributed by atoms with Gasteiger partial charge >= 0.3 is 11.9 Å². The van der Waals surface area contributed by atoms with E-state index in [1.165, 1.54) is 0 Å². The molecule has 0 bridgehead atoms. The van der Waals surface area contributed by atoms with Gasteiger partial charge in [-0.3, -0.25) is 0 Å². The average molecular weight is 577 g/mol. The quantitative estimate of drug-likeness (QED) is 0.0702. The van der Waals surface area contributed by atoms with Gasteiger partial charge in [0.25, 0.3) is 0 Å². The molecule has 1 atom stereocenters. The second-order valence-corrected chi connectivity index (χ2v) is 9.56. The van der Waals surface area contributed by atoms with Crippen molar-refractivity contribution in [2.75, 3.05) is 52.9 Å². The highest BCUT2D eigenvalue weighted by atomic mass is 16.6. The van der Waals surface area contributed by atoms with E-state index in [0.717, 1.165) is 17.5 Å². The van der Waals surface area contributed by atoms with Crippen molar-refractivity contribution < 1.29 is 38.0 Å². The van der Waals surface area contributed by atoms with Crippen molar-refractivity contribution in [2.45, 2.75) is 20.3 Å². The minimum Gasteiger partial charge on any atom is -0.491 e. The second kappa shape index (κ2) is 18.5. The van der Waals surface area contributed by atoms with Crippen molar-refractivity contribution in [1.29, 1.82) is 0 Å². The molecule has 8 nitrogen and oxygen atoms in total. The highest BCUT2D eigenvalue weighted by Crippen LogP contribution is 2.24. The van der Waals surface area contributed by atoms with E-state index in [1.807, 2.05) is 31.2 Å². The molecule has 0 aromatic heterocycles. The van der Waals surface area contributed by atoms with Crippen molar-refractivity contribution in [3.63, 3.8) is 0 Å². The molecule has 0 unspecified atom stereocenters. The van der Waals surface area contributed by atoms with E-state index in [0.29, 0.717) is 81.4 Å². The number of ether oxygens (including phenoxy) is 6. The van der Waals surface area contributed by atoms with Gasteiger partial charge in [0.15, 0.2) is 0 Å².